The van der Waals surface area contributed by atoms with Crippen LogP contribution < -0.4 is 10.4 Å². The summed E-state index contributed by atoms with van der Waals surface area (Å²) < 4.78 is 0. The van der Waals surface area contributed by atoms with Gasteiger partial charge in [0.15, 0.2) is 28.1 Å². The van der Waals surface area contributed by atoms with Crippen LogP contribution in [-0.2, 0) is 0 Å². The highest BCUT2D eigenvalue weighted by Gasteiger charge is 1.94. The minimum absolute atomic E-state index is 0. The molecule has 1 aromatic rings. The number of para-hydroxylation sites is 1. The van der Waals surface area contributed by atoms with E-state index in [0.29, 0.717) is 5.75 Å². The molecule has 0 aromatic heterocycles. The minimum atomic E-state index is -0.771. The van der Waals surface area contributed by atoms with Crippen LogP contribution in [0.1, 0.15) is 0 Å². The van der Waals surface area contributed by atoms with E-state index in [1.54, 1.807) is 35.9 Å². The Kier molecular flexibility index (Phi) is 4.85. The van der Waals surface area contributed by atoms with E-state index in [-0.39, 0.29) is 17.4 Å². The van der Waals surface area contributed by atoms with Crippen LogP contribution in [0.2, 0.25) is 0 Å². The van der Waals surface area contributed by atoms with Crippen LogP contribution in [0.3, 0.4) is 0 Å². The first-order chi connectivity index (χ1) is 5.29. The average Bonchev–Trinajstić information content (AvgIpc) is 2.03. The van der Waals surface area contributed by atoms with Crippen molar-refractivity contribution < 1.29 is 9.87 Å². The van der Waals surface area contributed by atoms with E-state index in [4.69, 9.17) is 0 Å². The third-order valence-corrected chi connectivity index (χ3v) is 0.981. The number of nitrogens with one attached hydrogen (secondary N) is 1. The van der Waals surface area contributed by atoms with Gasteiger partial charge in [-0.15, -0.1) is 0 Å². The first-order valence-electron chi connectivity index (χ1n) is 2.91. The Morgan fingerprint density at radius 1 is 1.33 bits per heavy atom. The summed E-state index contributed by atoms with van der Waals surface area (Å²) in [6.45, 7) is 0. The lowest BCUT2D eigenvalue weighted by atomic mass is 10.3. The van der Waals surface area contributed by atoms with Crippen LogP contribution in [0.15, 0.2) is 30.3 Å². The van der Waals surface area contributed by atoms with Gasteiger partial charge in [-0.1, -0.05) is 18.2 Å². The third kappa shape index (κ3) is 3.81. The highest BCUT2D eigenvalue weighted by Crippen LogP contribution is 2.05. The Hall–Kier alpha value is -1.25. The molecule has 6 heteroatoms. The van der Waals surface area contributed by atoms with Gasteiger partial charge in [0.05, 0.1) is 0 Å². The van der Waals surface area contributed by atoms with E-state index in [2.05, 4.69) is 4.84 Å². The quantitative estimate of drug-likeness (QED) is 0.393. The van der Waals surface area contributed by atoms with Gasteiger partial charge in [0.25, 0.3) is 0 Å². The standard InChI is InChI=1S/C6H6N2O3.Al.3H/c9-8(10)7-11-6-4-2-1-3-5-6;;;;/h1-5,7H;;;;. The molecular formula is C6H9AlN2O3. The lowest BCUT2D eigenvalue weighted by molar-refractivity contribution is -0.592. The van der Waals surface area contributed by atoms with Gasteiger partial charge >= 0.3 is 0 Å². The predicted molar refractivity (Wildman–Crippen MR) is 47.1 cm³/mol. The van der Waals surface area contributed by atoms with Gasteiger partial charge in [-0.3, -0.25) is 0 Å². The van der Waals surface area contributed by atoms with Gasteiger partial charge in [-0.25, -0.2) is 10.1 Å². The molecule has 5 nitrogen and oxygen atoms in total. The van der Waals surface area contributed by atoms with Crippen molar-refractivity contribution in [2.24, 2.45) is 0 Å². The summed E-state index contributed by atoms with van der Waals surface area (Å²) in [4.78, 5) is 14.3. The van der Waals surface area contributed by atoms with Crippen molar-refractivity contribution in [3.8, 4) is 5.75 Å². The van der Waals surface area contributed by atoms with Crippen molar-refractivity contribution >= 4 is 17.4 Å². The van der Waals surface area contributed by atoms with Crippen molar-refractivity contribution in [3.63, 3.8) is 0 Å². The Bertz CT molecular complexity index is 242. The fourth-order valence-corrected chi connectivity index (χ4v) is 0.579. The van der Waals surface area contributed by atoms with Crippen molar-refractivity contribution in [1.29, 1.82) is 0 Å². The van der Waals surface area contributed by atoms with Gasteiger partial charge in [-0.2, -0.15) is 0 Å². The van der Waals surface area contributed by atoms with Crippen LogP contribution in [0.5, 0.6) is 5.75 Å². The zero-order valence-electron chi connectivity index (χ0n) is 5.56. The zero-order valence-corrected chi connectivity index (χ0v) is 5.56. The Balaban J connectivity index is 0.00000121. The van der Waals surface area contributed by atoms with Crippen molar-refractivity contribution in [3.05, 3.63) is 40.4 Å². The maximum atomic E-state index is 9.74. The maximum absolute atomic E-state index is 9.74. The van der Waals surface area contributed by atoms with Gasteiger partial charge in [0.1, 0.15) is 0 Å². The highest BCUT2D eigenvalue weighted by molar-refractivity contribution is 5.75. The first kappa shape index (κ1) is 10.8. The zero-order chi connectivity index (χ0) is 8.10. The van der Waals surface area contributed by atoms with Gasteiger partial charge < -0.3 is 4.84 Å². The minimum Gasteiger partial charge on any atom is -0.330 e. The van der Waals surface area contributed by atoms with Crippen molar-refractivity contribution in [2.75, 3.05) is 0 Å². The second-order valence-electron chi connectivity index (χ2n) is 1.76. The second kappa shape index (κ2) is 5.41. The van der Waals surface area contributed by atoms with Crippen LogP contribution >= 0.6 is 0 Å². The summed E-state index contributed by atoms with van der Waals surface area (Å²) >= 11 is 0. The van der Waals surface area contributed by atoms with Gasteiger partial charge in [-0.05, 0) is 12.1 Å². The fraction of sp³-hybridized carbons (Fsp3) is 0. The fourth-order valence-electron chi connectivity index (χ4n) is 0.579. The van der Waals surface area contributed by atoms with E-state index in [1.807, 2.05) is 0 Å². The molecule has 0 heterocycles. The maximum Gasteiger partial charge on any atom is 0.194 e. The third-order valence-electron chi connectivity index (χ3n) is 0.981. The normalized spacial score (nSPS) is 8.00. The van der Waals surface area contributed by atoms with Gasteiger partial charge in [0, 0.05) is 5.59 Å². The molecule has 1 N–H and O–H groups in total. The number of hydrazine groups is 1. The molecule has 0 radical (unpaired) electrons. The summed E-state index contributed by atoms with van der Waals surface area (Å²) in [6.07, 6.45) is 0. The average molecular weight is 184 g/mol. The summed E-state index contributed by atoms with van der Waals surface area (Å²) in [5.41, 5.74) is 1.58. The Morgan fingerprint density at radius 3 is 2.42 bits per heavy atom. The molecular weight excluding hydrogens is 175 g/mol. The monoisotopic (exact) mass is 184 g/mol. The van der Waals surface area contributed by atoms with E-state index < -0.39 is 5.03 Å². The summed E-state index contributed by atoms with van der Waals surface area (Å²) in [7, 11) is 0. The molecule has 12 heavy (non-hydrogen) atoms. The molecule has 1 aromatic carbocycles. The smallest absolute Gasteiger partial charge is 0.194 e. The topological polar surface area (TPSA) is 64.4 Å². The molecule has 0 saturated heterocycles. The van der Waals surface area contributed by atoms with E-state index in [0.717, 1.165) is 0 Å². The molecule has 0 unspecified atom stereocenters. The number of benzene rings is 1. The molecule has 0 fully saturated rings. The first-order valence-corrected chi connectivity index (χ1v) is 2.91. The molecule has 0 aliphatic heterocycles. The molecule has 0 bridgehead atoms. The van der Waals surface area contributed by atoms with Crippen LogP contribution in [-0.4, -0.2) is 22.4 Å². The molecule has 0 amide bonds. The summed E-state index contributed by atoms with van der Waals surface area (Å²) in [5, 5.41) is 8.97. The van der Waals surface area contributed by atoms with E-state index >= 15 is 0 Å². The molecule has 0 saturated carbocycles. The van der Waals surface area contributed by atoms with E-state index in [9.17, 15) is 10.1 Å². The summed E-state index contributed by atoms with van der Waals surface area (Å²) in [5.74, 6) is 0.407. The van der Waals surface area contributed by atoms with Crippen molar-refractivity contribution in [2.45, 2.75) is 0 Å². The number of hydrogen-bond donors (Lipinski definition) is 1. The predicted octanol–water partition coefficient (Wildman–Crippen LogP) is -0.422. The molecule has 64 valence electrons. The number of hydrogen-bond acceptors (Lipinski definition) is 3. The van der Waals surface area contributed by atoms with Gasteiger partial charge in [0.2, 0.25) is 0 Å². The number of nitro groups is 1. The molecule has 0 spiro atoms. The number of nitrogens with zero attached hydrogens (tertiary/aromatic N) is 1. The Labute approximate surface area is 79.5 Å². The molecule has 1 rings (SSSR count). The van der Waals surface area contributed by atoms with Crippen LogP contribution in [0, 0.1) is 10.1 Å². The van der Waals surface area contributed by atoms with Crippen molar-refractivity contribution in [1.82, 2.24) is 5.59 Å². The molecule has 0 aliphatic rings. The Morgan fingerprint density at radius 2 is 1.92 bits per heavy atom. The largest absolute Gasteiger partial charge is 0.330 e. The van der Waals surface area contributed by atoms with E-state index in [1.165, 1.54) is 0 Å². The lowest BCUT2D eigenvalue weighted by Gasteiger charge is -1.97. The lowest BCUT2D eigenvalue weighted by Crippen LogP contribution is -2.25. The number of rotatable bonds is 3. The molecule has 0 atom stereocenters. The highest BCUT2D eigenvalue weighted by atomic mass is 27.0. The van der Waals surface area contributed by atoms with Crippen LogP contribution in [0.25, 0.3) is 0 Å². The molecule has 0 aliphatic carbocycles. The summed E-state index contributed by atoms with van der Waals surface area (Å²) in [6, 6.07) is 8.44. The SMILES string of the molecule is O=[N+]([O-])NOc1ccccc1.[AlH3]. The van der Waals surface area contributed by atoms with Crippen LogP contribution in [0.4, 0.5) is 0 Å². The second-order valence-corrected chi connectivity index (χ2v) is 1.76.